The summed E-state index contributed by atoms with van der Waals surface area (Å²) < 4.78 is 11.5. The van der Waals surface area contributed by atoms with Gasteiger partial charge in [-0.05, 0) is 56.4 Å². The van der Waals surface area contributed by atoms with E-state index in [2.05, 4.69) is 11.4 Å². The number of allylic oxidation sites excluding steroid dienone is 3. The quantitative estimate of drug-likeness (QED) is 0.515. The second-order valence-corrected chi connectivity index (χ2v) is 10.1. The molecule has 5 nitrogen and oxygen atoms in total. The van der Waals surface area contributed by atoms with E-state index in [0.717, 1.165) is 48.3 Å². The normalized spacial score (nSPS) is 24.5. The minimum atomic E-state index is -0.505. The minimum Gasteiger partial charge on any atom is -0.496 e. The Balaban J connectivity index is 1.58. The SMILES string of the molecule is COc1ccccc1C1C=C2NC(C)=C(C(=O)OC3CCCC3)C(c3cccc(Cl)c3)C2C(=O)C1. The Hall–Kier alpha value is -3.05. The number of ether oxygens (including phenoxy) is 2. The molecule has 35 heavy (non-hydrogen) atoms. The number of hydrogen-bond acceptors (Lipinski definition) is 5. The molecule has 1 N–H and O–H groups in total. The summed E-state index contributed by atoms with van der Waals surface area (Å²) in [4.78, 5) is 27.3. The smallest absolute Gasteiger partial charge is 0.336 e. The lowest BCUT2D eigenvalue weighted by atomic mass is 9.68. The van der Waals surface area contributed by atoms with E-state index < -0.39 is 11.8 Å². The molecule has 2 aromatic carbocycles. The molecular weight excluding hydrogens is 462 g/mol. The molecule has 3 aliphatic rings. The highest BCUT2D eigenvalue weighted by Crippen LogP contribution is 2.47. The van der Waals surface area contributed by atoms with Gasteiger partial charge in [0.2, 0.25) is 0 Å². The monoisotopic (exact) mass is 491 g/mol. The third kappa shape index (κ3) is 4.62. The van der Waals surface area contributed by atoms with E-state index in [-0.39, 0.29) is 23.8 Å². The lowest BCUT2D eigenvalue weighted by Gasteiger charge is -2.40. The van der Waals surface area contributed by atoms with Crippen molar-refractivity contribution >= 4 is 23.4 Å². The zero-order chi connectivity index (χ0) is 24.5. The molecule has 3 atom stereocenters. The van der Waals surface area contributed by atoms with Crippen molar-refractivity contribution in [1.29, 1.82) is 0 Å². The van der Waals surface area contributed by atoms with Gasteiger partial charge in [0, 0.05) is 40.2 Å². The van der Waals surface area contributed by atoms with Crippen LogP contribution in [0.25, 0.3) is 0 Å². The van der Waals surface area contributed by atoms with Crippen molar-refractivity contribution in [3.63, 3.8) is 0 Å². The van der Waals surface area contributed by atoms with Gasteiger partial charge in [-0.1, -0.05) is 48.0 Å². The van der Waals surface area contributed by atoms with Gasteiger partial charge < -0.3 is 14.8 Å². The number of para-hydroxylation sites is 1. The topological polar surface area (TPSA) is 64.6 Å². The van der Waals surface area contributed by atoms with Crippen molar-refractivity contribution in [2.45, 2.75) is 57.0 Å². The van der Waals surface area contributed by atoms with Gasteiger partial charge in [0.25, 0.3) is 0 Å². The summed E-state index contributed by atoms with van der Waals surface area (Å²) in [7, 11) is 1.64. The van der Waals surface area contributed by atoms with Crippen molar-refractivity contribution in [3.8, 4) is 5.75 Å². The van der Waals surface area contributed by atoms with E-state index in [1.165, 1.54) is 0 Å². The largest absolute Gasteiger partial charge is 0.496 e. The summed E-state index contributed by atoms with van der Waals surface area (Å²) >= 11 is 6.35. The van der Waals surface area contributed by atoms with Crippen molar-refractivity contribution in [2.24, 2.45) is 5.92 Å². The molecular formula is C29H30ClNO4. The van der Waals surface area contributed by atoms with Crippen LogP contribution in [0.3, 0.4) is 0 Å². The zero-order valence-electron chi connectivity index (χ0n) is 20.1. The van der Waals surface area contributed by atoms with Crippen LogP contribution in [0.5, 0.6) is 5.75 Å². The number of carbonyl (C=O) groups excluding carboxylic acids is 2. The molecule has 0 radical (unpaired) electrons. The highest BCUT2D eigenvalue weighted by molar-refractivity contribution is 6.30. The number of ketones is 1. The number of fused-ring (bicyclic) bond motifs is 1. The van der Waals surface area contributed by atoms with Crippen LogP contribution in [0.2, 0.25) is 5.02 Å². The summed E-state index contributed by atoms with van der Waals surface area (Å²) in [6.45, 7) is 1.89. The molecule has 2 aliphatic carbocycles. The molecule has 182 valence electrons. The van der Waals surface area contributed by atoms with Gasteiger partial charge in [-0.15, -0.1) is 0 Å². The molecule has 6 heteroatoms. The molecule has 0 aromatic heterocycles. The van der Waals surface area contributed by atoms with Gasteiger partial charge in [-0.3, -0.25) is 4.79 Å². The molecule has 5 rings (SSSR count). The highest BCUT2D eigenvalue weighted by Gasteiger charge is 2.45. The highest BCUT2D eigenvalue weighted by atomic mass is 35.5. The Morgan fingerprint density at radius 1 is 1.06 bits per heavy atom. The van der Waals surface area contributed by atoms with Crippen LogP contribution < -0.4 is 10.1 Å². The number of carbonyl (C=O) groups is 2. The number of esters is 1. The predicted octanol–water partition coefficient (Wildman–Crippen LogP) is 6.05. The summed E-state index contributed by atoms with van der Waals surface area (Å²) in [6, 6.07) is 15.2. The molecule has 3 unspecified atom stereocenters. The maximum atomic E-state index is 13.8. The van der Waals surface area contributed by atoms with Gasteiger partial charge in [-0.25, -0.2) is 4.79 Å². The lowest BCUT2D eigenvalue weighted by Crippen LogP contribution is -2.42. The molecule has 1 fully saturated rings. The van der Waals surface area contributed by atoms with Gasteiger partial charge in [-0.2, -0.15) is 0 Å². The average Bonchev–Trinajstić information content (AvgIpc) is 3.36. The first-order valence-corrected chi connectivity index (χ1v) is 12.7. The van der Waals surface area contributed by atoms with Crippen LogP contribution in [0.15, 0.2) is 71.6 Å². The van der Waals surface area contributed by atoms with Gasteiger partial charge in [0.15, 0.2) is 0 Å². The molecule has 2 aromatic rings. The lowest BCUT2D eigenvalue weighted by molar-refractivity contribution is -0.144. The first-order valence-electron chi connectivity index (χ1n) is 12.3. The molecule has 0 saturated heterocycles. The van der Waals surface area contributed by atoms with Crippen LogP contribution in [-0.4, -0.2) is 25.0 Å². The van der Waals surface area contributed by atoms with Crippen molar-refractivity contribution in [2.75, 3.05) is 7.11 Å². The number of hydrogen-bond donors (Lipinski definition) is 1. The number of nitrogens with one attached hydrogen (secondary N) is 1. The molecule has 0 bridgehead atoms. The Labute approximate surface area is 211 Å². The van der Waals surface area contributed by atoms with Crippen LogP contribution in [0.4, 0.5) is 0 Å². The number of Topliss-reactive ketones (excluding diaryl/α,β-unsaturated/α-hetero) is 1. The molecule has 0 amide bonds. The second kappa shape index (κ2) is 9.90. The van der Waals surface area contributed by atoms with E-state index in [9.17, 15) is 9.59 Å². The summed E-state index contributed by atoms with van der Waals surface area (Å²) in [5, 5.41) is 3.97. The third-order valence-electron chi connectivity index (χ3n) is 7.41. The second-order valence-electron chi connectivity index (χ2n) is 9.63. The minimum absolute atomic E-state index is 0.0586. The number of halogens is 1. The van der Waals surface area contributed by atoms with Crippen molar-refractivity contribution in [1.82, 2.24) is 5.32 Å². The van der Waals surface area contributed by atoms with Gasteiger partial charge >= 0.3 is 5.97 Å². The Morgan fingerprint density at radius 3 is 2.57 bits per heavy atom. The fourth-order valence-electron chi connectivity index (χ4n) is 5.80. The van der Waals surface area contributed by atoms with E-state index >= 15 is 0 Å². The van der Waals surface area contributed by atoms with Crippen LogP contribution >= 0.6 is 11.6 Å². The maximum absolute atomic E-state index is 13.8. The average molecular weight is 492 g/mol. The summed E-state index contributed by atoms with van der Waals surface area (Å²) in [5.41, 5.74) is 3.87. The van der Waals surface area contributed by atoms with Crippen LogP contribution in [0, 0.1) is 5.92 Å². The van der Waals surface area contributed by atoms with Crippen molar-refractivity contribution < 1.29 is 19.1 Å². The third-order valence-corrected chi connectivity index (χ3v) is 7.64. The summed E-state index contributed by atoms with van der Waals surface area (Å²) in [6.07, 6.45) is 6.32. The van der Waals surface area contributed by atoms with E-state index in [0.29, 0.717) is 22.7 Å². The Bertz CT molecular complexity index is 1210. The maximum Gasteiger partial charge on any atom is 0.336 e. The molecule has 0 spiro atoms. The first kappa shape index (κ1) is 23.7. The van der Waals surface area contributed by atoms with E-state index in [4.69, 9.17) is 21.1 Å². The van der Waals surface area contributed by atoms with Crippen LogP contribution in [0.1, 0.15) is 62.0 Å². The van der Waals surface area contributed by atoms with Crippen molar-refractivity contribution in [3.05, 3.63) is 87.7 Å². The fourth-order valence-corrected chi connectivity index (χ4v) is 6.00. The molecule has 1 saturated carbocycles. The first-order chi connectivity index (χ1) is 17.0. The fraction of sp³-hybridized carbons (Fsp3) is 0.379. The summed E-state index contributed by atoms with van der Waals surface area (Å²) in [5.74, 6) is -0.580. The van der Waals surface area contributed by atoms with Gasteiger partial charge in [0.1, 0.15) is 17.6 Å². The predicted molar refractivity (Wildman–Crippen MR) is 135 cm³/mol. The van der Waals surface area contributed by atoms with E-state index in [1.807, 2.05) is 49.4 Å². The molecule has 1 aliphatic heterocycles. The number of methoxy groups -OCH3 is 1. The Morgan fingerprint density at radius 2 is 1.83 bits per heavy atom. The Kier molecular flexibility index (Phi) is 6.70. The number of rotatable bonds is 5. The number of benzene rings is 2. The molecule has 1 heterocycles. The van der Waals surface area contributed by atoms with E-state index in [1.54, 1.807) is 13.2 Å². The standard InChI is InChI=1S/C29H30ClNO4/c1-17-26(29(33)35-21-10-3-4-11-21)27(18-8-7-9-20(30)14-18)28-23(31-17)15-19(16-24(28)32)22-12-5-6-13-25(22)34-2/h5-9,12-15,19,21,27-28,31H,3-4,10-11,16H2,1-2H3. The van der Waals surface area contributed by atoms with Crippen LogP contribution in [-0.2, 0) is 14.3 Å². The zero-order valence-corrected chi connectivity index (χ0v) is 20.8. The van der Waals surface area contributed by atoms with Gasteiger partial charge in [0.05, 0.1) is 18.6 Å².